The predicted molar refractivity (Wildman–Crippen MR) is 90.0 cm³/mol. The van der Waals surface area contributed by atoms with Crippen LogP contribution in [0.15, 0.2) is 36.4 Å². The van der Waals surface area contributed by atoms with Crippen LogP contribution in [0.4, 0.5) is 0 Å². The van der Waals surface area contributed by atoms with Crippen molar-refractivity contribution >= 4 is 5.91 Å². The quantitative estimate of drug-likeness (QED) is 0.690. The number of primary amides is 1. The lowest BCUT2D eigenvalue weighted by Crippen LogP contribution is -2.15. The second-order valence-corrected chi connectivity index (χ2v) is 5.67. The van der Waals surface area contributed by atoms with Crippen molar-refractivity contribution in [2.45, 2.75) is 32.7 Å². The van der Waals surface area contributed by atoms with Gasteiger partial charge in [-0.25, -0.2) is 9.67 Å². The average Bonchev–Trinajstić information content (AvgIpc) is 3.15. The lowest BCUT2D eigenvalue weighted by atomic mass is 10.2. The molecule has 0 saturated carbocycles. The Hall–Kier alpha value is -2.96. The minimum Gasteiger partial charge on any atom is -0.369 e. The van der Waals surface area contributed by atoms with Crippen LogP contribution in [0.5, 0.6) is 0 Å². The number of nitrogens with one attached hydrogen (secondary N) is 1. The van der Waals surface area contributed by atoms with E-state index >= 15 is 0 Å². The van der Waals surface area contributed by atoms with Gasteiger partial charge in [0, 0.05) is 5.69 Å². The van der Waals surface area contributed by atoms with E-state index in [-0.39, 0.29) is 6.42 Å². The fourth-order valence-electron chi connectivity index (χ4n) is 2.55. The summed E-state index contributed by atoms with van der Waals surface area (Å²) in [6.45, 7) is 2.67. The molecule has 3 rings (SSSR count). The highest BCUT2D eigenvalue weighted by Crippen LogP contribution is 2.18. The number of aromatic amines is 1. The number of amides is 1. The number of hydrogen-bond donors (Lipinski definition) is 2. The highest BCUT2D eigenvalue weighted by molar-refractivity contribution is 5.75. The van der Waals surface area contributed by atoms with Gasteiger partial charge in [0.15, 0.2) is 11.6 Å². The summed E-state index contributed by atoms with van der Waals surface area (Å²) in [6.07, 6.45) is 1.97. The number of rotatable bonds is 7. The molecule has 2 aromatic heterocycles. The minimum atomic E-state index is -0.452. The predicted octanol–water partition coefficient (Wildman–Crippen LogP) is 1.70. The molecular weight excluding hydrogens is 304 g/mol. The summed E-state index contributed by atoms with van der Waals surface area (Å²) in [5.74, 6) is 0.592. The molecular formula is C17H20N6O. The first kappa shape index (κ1) is 15.9. The maximum Gasteiger partial charge on any atom is 0.225 e. The molecule has 0 radical (unpaired) electrons. The van der Waals surface area contributed by atoms with Gasteiger partial charge in [-0.3, -0.25) is 9.89 Å². The second kappa shape index (κ2) is 7.08. The Morgan fingerprint density at radius 3 is 2.79 bits per heavy atom. The van der Waals surface area contributed by atoms with Crippen molar-refractivity contribution in [2.75, 3.05) is 0 Å². The summed E-state index contributed by atoms with van der Waals surface area (Å²) < 4.78 is 1.76. The second-order valence-electron chi connectivity index (χ2n) is 5.67. The number of nitrogens with two attached hydrogens (primary N) is 1. The van der Waals surface area contributed by atoms with E-state index in [1.54, 1.807) is 4.68 Å². The van der Waals surface area contributed by atoms with E-state index in [1.165, 1.54) is 0 Å². The Morgan fingerprint density at radius 1 is 1.29 bits per heavy atom. The molecule has 7 heteroatoms. The van der Waals surface area contributed by atoms with Crippen LogP contribution in [0.25, 0.3) is 11.5 Å². The SMILES string of the molecule is CCCc1cc(-c2nc(CC(N)=O)nn2Cc2ccccc2)n[nH]1. The third-order valence-corrected chi connectivity index (χ3v) is 3.60. The Balaban J connectivity index is 1.95. The van der Waals surface area contributed by atoms with Crippen LogP contribution in [-0.2, 0) is 24.2 Å². The number of benzene rings is 1. The van der Waals surface area contributed by atoms with Gasteiger partial charge in [-0.05, 0) is 18.1 Å². The van der Waals surface area contributed by atoms with Gasteiger partial charge in [0.25, 0.3) is 0 Å². The van der Waals surface area contributed by atoms with Gasteiger partial charge in [0.2, 0.25) is 5.91 Å². The van der Waals surface area contributed by atoms with Crippen molar-refractivity contribution in [3.8, 4) is 11.5 Å². The van der Waals surface area contributed by atoms with Gasteiger partial charge in [-0.2, -0.15) is 10.2 Å². The monoisotopic (exact) mass is 324 g/mol. The highest BCUT2D eigenvalue weighted by Gasteiger charge is 2.16. The summed E-state index contributed by atoms with van der Waals surface area (Å²) in [5, 5.41) is 11.8. The first-order chi connectivity index (χ1) is 11.7. The van der Waals surface area contributed by atoms with Crippen molar-refractivity contribution in [3.63, 3.8) is 0 Å². The summed E-state index contributed by atoms with van der Waals surface area (Å²) in [5.41, 5.74) is 8.14. The van der Waals surface area contributed by atoms with Gasteiger partial charge >= 0.3 is 0 Å². The topological polar surface area (TPSA) is 102 Å². The molecule has 0 saturated heterocycles. The zero-order chi connectivity index (χ0) is 16.9. The number of carbonyl (C=O) groups is 1. The molecule has 0 fully saturated rings. The van der Waals surface area contributed by atoms with Gasteiger partial charge < -0.3 is 5.73 Å². The summed E-state index contributed by atoms with van der Waals surface area (Å²) in [4.78, 5) is 15.6. The molecule has 3 aromatic rings. The summed E-state index contributed by atoms with van der Waals surface area (Å²) >= 11 is 0. The zero-order valence-corrected chi connectivity index (χ0v) is 13.6. The van der Waals surface area contributed by atoms with E-state index in [4.69, 9.17) is 5.73 Å². The van der Waals surface area contributed by atoms with Crippen LogP contribution in [0, 0.1) is 0 Å². The Morgan fingerprint density at radius 2 is 2.08 bits per heavy atom. The Bertz CT molecular complexity index is 821. The largest absolute Gasteiger partial charge is 0.369 e. The maximum absolute atomic E-state index is 11.2. The normalized spacial score (nSPS) is 10.9. The molecule has 0 aliphatic rings. The van der Waals surface area contributed by atoms with Gasteiger partial charge in [0.05, 0.1) is 13.0 Å². The van der Waals surface area contributed by atoms with E-state index in [9.17, 15) is 4.79 Å². The van der Waals surface area contributed by atoms with Gasteiger partial charge in [-0.15, -0.1) is 0 Å². The lowest BCUT2D eigenvalue weighted by Gasteiger charge is -2.04. The van der Waals surface area contributed by atoms with E-state index < -0.39 is 5.91 Å². The standard InChI is InChI=1S/C17H20N6O/c1-2-6-13-9-14(21-20-13)17-19-16(10-15(18)24)22-23(17)11-12-7-4-3-5-8-12/h3-5,7-9H,2,6,10-11H2,1H3,(H2,18,24)(H,20,21). The maximum atomic E-state index is 11.2. The van der Waals surface area contributed by atoms with Crippen molar-refractivity contribution in [1.82, 2.24) is 25.0 Å². The van der Waals surface area contributed by atoms with Crippen LogP contribution in [0.2, 0.25) is 0 Å². The van der Waals surface area contributed by atoms with E-state index in [0.717, 1.165) is 29.8 Å². The van der Waals surface area contributed by atoms with Gasteiger partial charge in [0.1, 0.15) is 5.69 Å². The molecule has 0 aliphatic carbocycles. The minimum absolute atomic E-state index is 0.0149. The molecule has 124 valence electrons. The fourth-order valence-corrected chi connectivity index (χ4v) is 2.55. The Kier molecular flexibility index (Phi) is 4.69. The van der Waals surface area contributed by atoms with Crippen LogP contribution < -0.4 is 5.73 Å². The zero-order valence-electron chi connectivity index (χ0n) is 13.6. The number of nitrogens with zero attached hydrogens (tertiary/aromatic N) is 4. The first-order valence-corrected chi connectivity index (χ1v) is 7.96. The molecule has 0 unspecified atom stereocenters. The molecule has 2 heterocycles. The Labute approximate surface area is 139 Å². The smallest absolute Gasteiger partial charge is 0.225 e. The number of hydrogen-bond acceptors (Lipinski definition) is 4. The molecule has 7 nitrogen and oxygen atoms in total. The third kappa shape index (κ3) is 3.68. The van der Waals surface area contributed by atoms with Crippen molar-refractivity contribution in [2.24, 2.45) is 5.73 Å². The molecule has 1 aromatic carbocycles. The highest BCUT2D eigenvalue weighted by atomic mass is 16.1. The lowest BCUT2D eigenvalue weighted by molar-refractivity contribution is -0.117. The average molecular weight is 324 g/mol. The molecule has 24 heavy (non-hydrogen) atoms. The number of carbonyl (C=O) groups excluding carboxylic acids is 1. The third-order valence-electron chi connectivity index (χ3n) is 3.60. The summed E-state index contributed by atoms with van der Waals surface area (Å²) in [7, 11) is 0. The van der Waals surface area contributed by atoms with Crippen LogP contribution in [0.3, 0.4) is 0 Å². The molecule has 0 spiro atoms. The van der Waals surface area contributed by atoms with Gasteiger partial charge in [-0.1, -0.05) is 43.7 Å². The first-order valence-electron chi connectivity index (χ1n) is 7.96. The summed E-state index contributed by atoms with van der Waals surface area (Å²) in [6, 6.07) is 11.9. The van der Waals surface area contributed by atoms with Crippen LogP contribution >= 0.6 is 0 Å². The molecule has 1 amide bonds. The van der Waals surface area contributed by atoms with E-state index in [1.807, 2.05) is 36.4 Å². The van der Waals surface area contributed by atoms with E-state index in [2.05, 4.69) is 27.2 Å². The number of H-pyrrole nitrogens is 1. The molecule has 0 aliphatic heterocycles. The van der Waals surface area contributed by atoms with E-state index in [0.29, 0.717) is 18.2 Å². The van der Waals surface area contributed by atoms with Crippen LogP contribution in [-0.4, -0.2) is 30.9 Å². The van der Waals surface area contributed by atoms with Crippen LogP contribution in [0.1, 0.15) is 30.4 Å². The fraction of sp³-hybridized carbons (Fsp3) is 0.294. The van der Waals surface area contributed by atoms with Crippen molar-refractivity contribution in [3.05, 3.63) is 53.5 Å². The molecule has 3 N–H and O–H groups in total. The number of aryl methyl sites for hydroxylation is 1. The molecule has 0 bridgehead atoms. The van der Waals surface area contributed by atoms with Crippen molar-refractivity contribution < 1.29 is 4.79 Å². The number of aromatic nitrogens is 5. The molecule has 0 atom stereocenters. The van der Waals surface area contributed by atoms with Crippen molar-refractivity contribution in [1.29, 1.82) is 0 Å².